The van der Waals surface area contributed by atoms with Gasteiger partial charge in [0.15, 0.2) is 0 Å². The number of likely N-dealkylation sites (tertiary alicyclic amines) is 1. The lowest BCUT2D eigenvalue weighted by Crippen LogP contribution is -2.42. The second-order valence-electron chi connectivity index (χ2n) is 7.85. The molecule has 0 aliphatic carbocycles. The second-order valence-corrected chi connectivity index (χ2v) is 7.85. The molecule has 5 heteroatoms. The Hall–Kier alpha value is -1.75. The van der Waals surface area contributed by atoms with E-state index >= 15 is 0 Å². The summed E-state index contributed by atoms with van der Waals surface area (Å²) >= 11 is 0. The number of hydrogen-bond acceptors (Lipinski definition) is 3. The lowest BCUT2D eigenvalue weighted by Gasteiger charge is -2.33. The predicted octanol–water partition coefficient (Wildman–Crippen LogP) is 3.09. The Morgan fingerprint density at radius 2 is 2.08 bits per heavy atom. The first-order valence-corrected chi connectivity index (χ1v) is 9.77. The predicted molar refractivity (Wildman–Crippen MR) is 102 cm³/mol. The molecule has 136 valence electrons. The number of carbonyl (C=O) groups excluding carboxylic acids is 1. The maximum absolute atomic E-state index is 12.9. The van der Waals surface area contributed by atoms with E-state index in [9.17, 15) is 4.79 Å². The molecule has 3 fully saturated rings. The second kappa shape index (κ2) is 6.87. The zero-order chi connectivity index (χ0) is 17.4. The first kappa shape index (κ1) is 16.7. The van der Waals surface area contributed by atoms with Crippen LogP contribution in [0.5, 0.6) is 0 Å². The molecule has 3 saturated heterocycles. The van der Waals surface area contributed by atoms with Gasteiger partial charge in [0, 0.05) is 39.3 Å². The fourth-order valence-electron chi connectivity index (χ4n) is 5.00. The summed E-state index contributed by atoms with van der Waals surface area (Å²) in [5, 5.41) is 3.16. The molecular formula is C20H30N4O. The molecule has 2 amide bonds. The smallest absolute Gasteiger partial charge is 0.321 e. The third-order valence-electron chi connectivity index (χ3n) is 6.44. The van der Waals surface area contributed by atoms with E-state index in [-0.39, 0.29) is 6.03 Å². The molecule has 0 radical (unpaired) electrons. The Balaban J connectivity index is 1.42. The molecule has 1 N–H and O–H groups in total. The van der Waals surface area contributed by atoms with Gasteiger partial charge in [0.25, 0.3) is 0 Å². The first-order valence-electron chi connectivity index (χ1n) is 9.77. The zero-order valence-corrected chi connectivity index (χ0v) is 15.4. The van der Waals surface area contributed by atoms with Crippen LogP contribution in [0.2, 0.25) is 0 Å². The third-order valence-corrected chi connectivity index (χ3v) is 6.44. The molecule has 1 aromatic rings. The summed E-state index contributed by atoms with van der Waals surface area (Å²) in [4.78, 5) is 19.7. The van der Waals surface area contributed by atoms with E-state index in [0.717, 1.165) is 37.1 Å². The first-order chi connectivity index (χ1) is 12.2. The molecule has 0 saturated carbocycles. The van der Waals surface area contributed by atoms with Crippen LogP contribution in [0.25, 0.3) is 0 Å². The maximum Gasteiger partial charge on any atom is 0.321 e. The molecule has 3 atom stereocenters. The van der Waals surface area contributed by atoms with Gasteiger partial charge in [-0.2, -0.15) is 0 Å². The lowest BCUT2D eigenvalue weighted by atomic mass is 9.90. The van der Waals surface area contributed by atoms with Crippen LogP contribution in [0.3, 0.4) is 0 Å². The average Bonchev–Trinajstić information content (AvgIpc) is 3.19. The molecule has 3 aliphatic rings. The third kappa shape index (κ3) is 3.10. The van der Waals surface area contributed by atoms with Gasteiger partial charge in [0.05, 0.1) is 11.4 Å². The van der Waals surface area contributed by atoms with Crippen molar-refractivity contribution >= 4 is 17.4 Å². The van der Waals surface area contributed by atoms with Crippen LogP contribution < -0.4 is 10.2 Å². The Labute approximate surface area is 151 Å². The van der Waals surface area contributed by atoms with E-state index in [1.54, 1.807) is 0 Å². The summed E-state index contributed by atoms with van der Waals surface area (Å²) in [6, 6.07) is 8.86. The highest BCUT2D eigenvalue weighted by Gasteiger charge is 2.48. The number of fused-ring (bicyclic) bond motifs is 3. The van der Waals surface area contributed by atoms with Crippen molar-refractivity contribution in [2.75, 3.05) is 50.0 Å². The van der Waals surface area contributed by atoms with Crippen LogP contribution in [-0.4, -0.2) is 61.6 Å². The average molecular weight is 342 g/mol. The summed E-state index contributed by atoms with van der Waals surface area (Å²) in [5.41, 5.74) is 1.99. The molecule has 4 rings (SSSR count). The number of nitrogens with zero attached hydrogens (tertiary/aromatic N) is 3. The molecule has 0 spiro atoms. The maximum atomic E-state index is 12.9. The summed E-state index contributed by atoms with van der Waals surface area (Å²) in [6.45, 7) is 7.32. The molecule has 1 aromatic carbocycles. The van der Waals surface area contributed by atoms with Crippen molar-refractivity contribution in [1.82, 2.24) is 9.80 Å². The van der Waals surface area contributed by atoms with Crippen molar-refractivity contribution in [2.24, 2.45) is 11.8 Å². The highest BCUT2D eigenvalue weighted by molar-refractivity contribution is 5.93. The van der Waals surface area contributed by atoms with Gasteiger partial charge in [-0.3, -0.25) is 4.90 Å². The fraction of sp³-hybridized carbons (Fsp3) is 0.650. The Kier molecular flexibility index (Phi) is 4.59. The number of rotatable bonds is 3. The largest absolute Gasteiger partial charge is 0.373 e. The van der Waals surface area contributed by atoms with Crippen molar-refractivity contribution in [1.29, 1.82) is 0 Å². The van der Waals surface area contributed by atoms with Crippen LogP contribution in [0.1, 0.15) is 26.2 Å². The van der Waals surface area contributed by atoms with Crippen LogP contribution in [-0.2, 0) is 0 Å². The van der Waals surface area contributed by atoms with E-state index in [4.69, 9.17) is 0 Å². The Morgan fingerprint density at radius 1 is 1.24 bits per heavy atom. The quantitative estimate of drug-likeness (QED) is 0.917. The van der Waals surface area contributed by atoms with E-state index in [1.165, 1.54) is 32.4 Å². The minimum Gasteiger partial charge on any atom is -0.373 e. The van der Waals surface area contributed by atoms with Gasteiger partial charge in [-0.05, 0) is 50.3 Å². The number of nitrogens with one attached hydrogen (secondary N) is 1. The van der Waals surface area contributed by atoms with Gasteiger partial charge in [-0.25, -0.2) is 4.79 Å². The number of benzene rings is 1. The minimum absolute atomic E-state index is 0.0636. The van der Waals surface area contributed by atoms with Gasteiger partial charge >= 0.3 is 6.03 Å². The van der Waals surface area contributed by atoms with E-state index in [1.807, 2.05) is 23.1 Å². The van der Waals surface area contributed by atoms with Gasteiger partial charge < -0.3 is 15.1 Å². The number of amides is 2. The van der Waals surface area contributed by atoms with Crippen molar-refractivity contribution < 1.29 is 4.79 Å². The summed E-state index contributed by atoms with van der Waals surface area (Å²) in [5.74, 6) is 1.35. The number of carbonyl (C=O) groups is 1. The monoisotopic (exact) mass is 342 g/mol. The summed E-state index contributed by atoms with van der Waals surface area (Å²) in [6.07, 6.45) is 4.02. The molecule has 25 heavy (non-hydrogen) atoms. The van der Waals surface area contributed by atoms with Crippen LogP contribution >= 0.6 is 0 Å². The number of hydrogen-bond donors (Lipinski definition) is 1. The molecule has 0 aromatic heterocycles. The Bertz CT molecular complexity index is 634. The number of anilines is 2. The van der Waals surface area contributed by atoms with E-state index < -0.39 is 0 Å². The molecule has 3 heterocycles. The standard InChI is InChI=1S/C20H30N4O/c1-3-22(2)19-10-5-4-8-17(19)21-20(25)24-13-15-12-23-11-7-6-9-18(23)16(15)14-24/h4-5,8,10,15-16,18H,3,6-7,9,11-14H2,1-2H3,(H,21,25)/t15-,16+,18-/m0/s1. The molecule has 0 unspecified atom stereocenters. The van der Waals surface area contributed by atoms with Crippen LogP contribution in [0.4, 0.5) is 16.2 Å². The van der Waals surface area contributed by atoms with Crippen LogP contribution in [0.15, 0.2) is 24.3 Å². The zero-order valence-electron chi connectivity index (χ0n) is 15.4. The van der Waals surface area contributed by atoms with E-state index in [2.05, 4.69) is 35.2 Å². The van der Waals surface area contributed by atoms with Crippen molar-refractivity contribution in [3.8, 4) is 0 Å². The highest BCUT2D eigenvalue weighted by Crippen LogP contribution is 2.40. The summed E-state index contributed by atoms with van der Waals surface area (Å²) < 4.78 is 0. The summed E-state index contributed by atoms with van der Waals surface area (Å²) in [7, 11) is 2.06. The minimum atomic E-state index is 0.0636. The normalized spacial score (nSPS) is 28.6. The van der Waals surface area contributed by atoms with Crippen molar-refractivity contribution in [3.05, 3.63) is 24.3 Å². The number of para-hydroxylation sites is 2. The SMILES string of the molecule is CCN(C)c1ccccc1NC(=O)N1C[C@@H]2CN3CCCC[C@H]3[C@@H]2C1. The number of piperidine rings is 1. The van der Waals surface area contributed by atoms with E-state index in [0.29, 0.717) is 11.8 Å². The van der Waals surface area contributed by atoms with Gasteiger partial charge in [0.1, 0.15) is 0 Å². The molecule has 5 nitrogen and oxygen atoms in total. The molecule has 3 aliphatic heterocycles. The lowest BCUT2D eigenvalue weighted by molar-refractivity contribution is 0.157. The molecular weight excluding hydrogens is 312 g/mol. The van der Waals surface area contributed by atoms with Crippen molar-refractivity contribution in [3.63, 3.8) is 0 Å². The topological polar surface area (TPSA) is 38.8 Å². The fourth-order valence-corrected chi connectivity index (χ4v) is 5.00. The van der Waals surface area contributed by atoms with Crippen LogP contribution in [0, 0.1) is 11.8 Å². The number of urea groups is 1. The van der Waals surface area contributed by atoms with Gasteiger partial charge in [-0.1, -0.05) is 18.6 Å². The molecule has 0 bridgehead atoms. The van der Waals surface area contributed by atoms with Gasteiger partial charge in [0.2, 0.25) is 0 Å². The highest BCUT2D eigenvalue weighted by atomic mass is 16.2. The van der Waals surface area contributed by atoms with Gasteiger partial charge in [-0.15, -0.1) is 0 Å². The van der Waals surface area contributed by atoms with Crippen molar-refractivity contribution in [2.45, 2.75) is 32.2 Å². The Morgan fingerprint density at radius 3 is 2.92 bits per heavy atom.